The molecule has 0 saturated heterocycles. The van der Waals surface area contributed by atoms with Crippen molar-refractivity contribution in [3.63, 3.8) is 0 Å². The zero-order chi connectivity index (χ0) is 15.6. The number of carbonyl (C=O) groups excluding carboxylic acids is 1. The van der Waals surface area contributed by atoms with E-state index in [-0.39, 0.29) is 11.5 Å². The Balaban J connectivity index is 2.23. The molecule has 0 radical (unpaired) electrons. The molecule has 108 valence electrons. The lowest BCUT2D eigenvalue weighted by atomic mass is 10.1. The van der Waals surface area contributed by atoms with Crippen LogP contribution >= 0.6 is 31.9 Å². The highest BCUT2D eigenvalue weighted by atomic mass is 79.9. The normalized spacial score (nSPS) is 10.2. The SMILES string of the molecule is Cc1cc(NC(=O)c2cc(Br)cc(Br)c2)ccc1C(=O)O. The molecule has 2 aromatic carbocycles. The summed E-state index contributed by atoms with van der Waals surface area (Å²) >= 11 is 6.66. The van der Waals surface area contributed by atoms with Crippen molar-refractivity contribution in [3.8, 4) is 0 Å². The number of amides is 1. The van der Waals surface area contributed by atoms with Crippen molar-refractivity contribution in [1.82, 2.24) is 0 Å². The van der Waals surface area contributed by atoms with Gasteiger partial charge in [-0.1, -0.05) is 31.9 Å². The van der Waals surface area contributed by atoms with Crippen LogP contribution in [0.3, 0.4) is 0 Å². The molecular weight excluding hydrogens is 402 g/mol. The van der Waals surface area contributed by atoms with E-state index in [9.17, 15) is 9.59 Å². The monoisotopic (exact) mass is 411 g/mol. The molecule has 1 amide bonds. The highest BCUT2D eigenvalue weighted by Gasteiger charge is 2.11. The van der Waals surface area contributed by atoms with Gasteiger partial charge in [-0.2, -0.15) is 0 Å². The van der Waals surface area contributed by atoms with E-state index in [4.69, 9.17) is 5.11 Å². The molecule has 0 spiro atoms. The lowest BCUT2D eigenvalue weighted by Crippen LogP contribution is -2.12. The van der Waals surface area contributed by atoms with Crippen LogP contribution in [-0.4, -0.2) is 17.0 Å². The second-order valence-electron chi connectivity index (χ2n) is 4.45. The number of anilines is 1. The van der Waals surface area contributed by atoms with Crippen molar-refractivity contribution in [2.75, 3.05) is 5.32 Å². The summed E-state index contributed by atoms with van der Waals surface area (Å²) in [6, 6.07) is 9.93. The molecule has 2 rings (SSSR count). The first-order valence-corrected chi connectivity index (χ1v) is 7.57. The van der Waals surface area contributed by atoms with Crippen LogP contribution < -0.4 is 5.32 Å². The number of carboxylic acids is 1. The largest absolute Gasteiger partial charge is 0.478 e. The fraction of sp³-hybridized carbons (Fsp3) is 0.0667. The van der Waals surface area contributed by atoms with Gasteiger partial charge in [-0.05, 0) is 48.9 Å². The Morgan fingerprint density at radius 1 is 1.05 bits per heavy atom. The van der Waals surface area contributed by atoms with Crippen molar-refractivity contribution >= 4 is 49.4 Å². The maximum atomic E-state index is 12.2. The molecule has 6 heteroatoms. The van der Waals surface area contributed by atoms with Gasteiger partial charge < -0.3 is 10.4 Å². The minimum atomic E-state index is -0.985. The summed E-state index contributed by atoms with van der Waals surface area (Å²) in [5.41, 5.74) is 1.86. The van der Waals surface area contributed by atoms with Gasteiger partial charge in [0.15, 0.2) is 0 Å². The van der Waals surface area contributed by atoms with Crippen LogP contribution in [0.4, 0.5) is 5.69 Å². The van der Waals surface area contributed by atoms with Gasteiger partial charge in [0.05, 0.1) is 5.56 Å². The quantitative estimate of drug-likeness (QED) is 0.781. The Hall–Kier alpha value is -1.66. The summed E-state index contributed by atoms with van der Waals surface area (Å²) in [5.74, 6) is -1.25. The van der Waals surface area contributed by atoms with Crippen molar-refractivity contribution in [3.05, 3.63) is 62.0 Å². The minimum absolute atomic E-state index is 0.221. The number of aromatic carboxylic acids is 1. The Morgan fingerprint density at radius 3 is 2.19 bits per heavy atom. The number of rotatable bonds is 3. The third kappa shape index (κ3) is 3.92. The van der Waals surface area contributed by atoms with E-state index in [1.54, 1.807) is 31.2 Å². The molecule has 0 aromatic heterocycles. The Bertz CT molecular complexity index is 709. The Morgan fingerprint density at radius 2 is 1.67 bits per heavy atom. The summed E-state index contributed by atoms with van der Waals surface area (Å²) in [4.78, 5) is 23.1. The van der Waals surface area contributed by atoms with Crippen LogP contribution in [0.25, 0.3) is 0 Å². The molecule has 2 aromatic rings. The zero-order valence-electron chi connectivity index (χ0n) is 11.0. The highest BCUT2D eigenvalue weighted by Crippen LogP contribution is 2.21. The molecule has 0 fully saturated rings. The van der Waals surface area contributed by atoms with Gasteiger partial charge in [-0.15, -0.1) is 0 Å². The third-order valence-corrected chi connectivity index (χ3v) is 3.76. The highest BCUT2D eigenvalue weighted by molar-refractivity contribution is 9.11. The molecule has 0 unspecified atom stereocenters. The van der Waals surface area contributed by atoms with E-state index in [1.807, 2.05) is 6.07 Å². The maximum absolute atomic E-state index is 12.2. The van der Waals surface area contributed by atoms with Gasteiger partial charge in [0, 0.05) is 20.2 Å². The molecule has 0 aliphatic heterocycles. The van der Waals surface area contributed by atoms with E-state index < -0.39 is 5.97 Å². The molecule has 21 heavy (non-hydrogen) atoms. The molecule has 0 atom stereocenters. The lowest BCUT2D eigenvalue weighted by Gasteiger charge is -2.08. The van der Waals surface area contributed by atoms with Crippen LogP contribution in [0.2, 0.25) is 0 Å². The summed E-state index contributed by atoms with van der Waals surface area (Å²) in [6.45, 7) is 1.69. The summed E-state index contributed by atoms with van der Waals surface area (Å²) < 4.78 is 1.58. The smallest absolute Gasteiger partial charge is 0.335 e. The first-order valence-electron chi connectivity index (χ1n) is 5.98. The number of carbonyl (C=O) groups is 2. The Labute approximate surface area is 138 Å². The third-order valence-electron chi connectivity index (χ3n) is 2.84. The summed E-state index contributed by atoms with van der Waals surface area (Å²) in [5, 5.41) is 11.7. The zero-order valence-corrected chi connectivity index (χ0v) is 14.2. The van der Waals surface area contributed by atoms with Crippen molar-refractivity contribution in [2.24, 2.45) is 0 Å². The van der Waals surface area contributed by atoms with Gasteiger partial charge in [0.2, 0.25) is 0 Å². The van der Waals surface area contributed by atoms with Gasteiger partial charge >= 0.3 is 5.97 Å². The van der Waals surface area contributed by atoms with Crippen molar-refractivity contribution < 1.29 is 14.7 Å². The minimum Gasteiger partial charge on any atom is -0.478 e. The van der Waals surface area contributed by atoms with Crippen LogP contribution in [-0.2, 0) is 0 Å². The molecule has 0 saturated carbocycles. The first-order chi connectivity index (χ1) is 9.86. The predicted molar refractivity (Wildman–Crippen MR) is 87.9 cm³/mol. The van der Waals surface area contributed by atoms with Crippen LogP contribution in [0.1, 0.15) is 26.3 Å². The van der Waals surface area contributed by atoms with Crippen LogP contribution in [0.5, 0.6) is 0 Å². The number of hydrogen-bond donors (Lipinski definition) is 2. The van der Waals surface area contributed by atoms with E-state index in [0.29, 0.717) is 16.8 Å². The van der Waals surface area contributed by atoms with E-state index in [0.717, 1.165) is 8.95 Å². The average Bonchev–Trinajstić information content (AvgIpc) is 2.37. The fourth-order valence-electron chi connectivity index (χ4n) is 1.87. The molecule has 0 aliphatic carbocycles. The standard InChI is InChI=1S/C15H11Br2NO3/c1-8-4-12(2-3-13(8)15(20)21)18-14(19)9-5-10(16)7-11(17)6-9/h2-7H,1H3,(H,18,19)(H,20,21). The number of hydrogen-bond acceptors (Lipinski definition) is 2. The van der Waals surface area contributed by atoms with Crippen LogP contribution in [0, 0.1) is 6.92 Å². The van der Waals surface area contributed by atoms with Gasteiger partial charge in [-0.3, -0.25) is 4.79 Å². The van der Waals surface area contributed by atoms with Crippen molar-refractivity contribution in [2.45, 2.75) is 6.92 Å². The first kappa shape index (κ1) is 15.7. The van der Waals surface area contributed by atoms with Crippen LogP contribution in [0.15, 0.2) is 45.3 Å². The van der Waals surface area contributed by atoms with E-state index in [1.165, 1.54) is 6.07 Å². The summed E-state index contributed by atoms with van der Waals surface area (Å²) in [6.07, 6.45) is 0. The van der Waals surface area contributed by atoms with E-state index in [2.05, 4.69) is 37.2 Å². The number of nitrogens with one attached hydrogen (secondary N) is 1. The second-order valence-corrected chi connectivity index (χ2v) is 6.28. The molecule has 2 N–H and O–H groups in total. The molecular formula is C15H11Br2NO3. The molecule has 0 bridgehead atoms. The molecule has 4 nitrogen and oxygen atoms in total. The van der Waals surface area contributed by atoms with Gasteiger partial charge in [0.1, 0.15) is 0 Å². The molecule has 0 heterocycles. The number of carboxylic acid groups (broad SMARTS) is 1. The van der Waals surface area contributed by atoms with Gasteiger partial charge in [0.25, 0.3) is 5.91 Å². The number of benzene rings is 2. The number of halogens is 2. The second kappa shape index (κ2) is 6.41. The average molecular weight is 413 g/mol. The van der Waals surface area contributed by atoms with Crippen molar-refractivity contribution in [1.29, 1.82) is 0 Å². The van der Waals surface area contributed by atoms with Gasteiger partial charge in [-0.25, -0.2) is 4.79 Å². The Kier molecular flexibility index (Phi) is 4.80. The predicted octanol–water partition coefficient (Wildman–Crippen LogP) is 4.47. The number of aryl methyl sites for hydroxylation is 1. The summed E-state index contributed by atoms with van der Waals surface area (Å²) in [7, 11) is 0. The lowest BCUT2D eigenvalue weighted by molar-refractivity contribution is 0.0696. The van der Waals surface area contributed by atoms with E-state index >= 15 is 0 Å². The topological polar surface area (TPSA) is 66.4 Å². The maximum Gasteiger partial charge on any atom is 0.335 e. The fourth-order valence-corrected chi connectivity index (χ4v) is 3.16. The molecule has 0 aliphatic rings.